The minimum absolute atomic E-state index is 0.692. The quantitative estimate of drug-likeness (QED) is 0.703. The summed E-state index contributed by atoms with van der Waals surface area (Å²) >= 11 is 0. The van der Waals surface area contributed by atoms with Gasteiger partial charge in [-0.3, -0.25) is 4.90 Å². The van der Waals surface area contributed by atoms with Crippen LogP contribution in [0.15, 0.2) is 0 Å². The molecule has 2 atom stereocenters. The van der Waals surface area contributed by atoms with E-state index in [0.717, 1.165) is 13.0 Å². The number of rotatable bonds is 6. The van der Waals surface area contributed by atoms with Gasteiger partial charge in [-0.2, -0.15) is 0 Å². The van der Waals surface area contributed by atoms with Gasteiger partial charge in [-0.25, -0.2) is 0 Å². The molecule has 0 spiro atoms. The molecule has 0 aromatic rings. The van der Waals surface area contributed by atoms with E-state index in [9.17, 15) is 0 Å². The van der Waals surface area contributed by atoms with E-state index in [1.165, 1.54) is 38.9 Å². The summed E-state index contributed by atoms with van der Waals surface area (Å²) in [4.78, 5) is 2.62. The summed E-state index contributed by atoms with van der Waals surface area (Å²) in [6.45, 7) is 9.06. The molecular formula is C13H28N2O. The van der Waals surface area contributed by atoms with Gasteiger partial charge in [-0.05, 0) is 32.7 Å². The predicted molar refractivity (Wildman–Crippen MR) is 68.8 cm³/mol. The van der Waals surface area contributed by atoms with Gasteiger partial charge in [0.15, 0.2) is 0 Å². The van der Waals surface area contributed by atoms with E-state index in [0.29, 0.717) is 12.1 Å². The molecule has 0 radical (unpaired) electrons. The Morgan fingerprint density at radius 1 is 1.44 bits per heavy atom. The fourth-order valence-electron chi connectivity index (χ4n) is 2.47. The third-order valence-corrected chi connectivity index (χ3v) is 3.50. The molecule has 1 rings (SSSR count). The van der Waals surface area contributed by atoms with Crippen LogP contribution in [0, 0.1) is 0 Å². The van der Waals surface area contributed by atoms with Crippen LogP contribution in [0.25, 0.3) is 0 Å². The fraction of sp³-hybridized carbons (Fsp3) is 1.00. The van der Waals surface area contributed by atoms with Gasteiger partial charge in [0.25, 0.3) is 0 Å². The maximum absolute atomic E-state index is 5.13. The van der Waals surface area contributed by atoms with E-state index in [-0.39, 0.29) is 0 Å². The van der Waals surface area contributed by atoms with Crippen molar-refractivity contribution in [2.45, 2.75) is 51.6 Å². The van der Waals surface area contributed by atoms with Crippen molar-refractivity contribution in [1.29, 1.82) is 0 Å². The van der Waals surface area contributed by atoms with E-state index < -0.39 is 0 Å². The summed E-state index contributed by atoms with van der Waals surface area (Å²) in [5.74, 6) is 0. The van der Waals surface area contributed by atoms with Crippen molar-refractivity contribution in [2.75, 3.05) is 33.4 Å². The summed E-state index contributed by atoms with van der Waals surface area (Å²) in [6.07, 6.45) is 5.00. The number of nitrogens with one attached hydrogen (secondary N) is 1. The van der Waals surface area contributed by atoms with Crippen molar-refractivity contribution in [3.8, 4) is 0 Å². The lowest BCUT2D eigenvalue weighted by atomic mass is 10.1. The molecule has 1 aliphatic rings. The van der Waals surface area contributed by atoms with Crippen molar-refractivity contribution in [3.63, 3.8) is 0 Å². The highest BCUT2D eigenvalue weighted by atomic mass is 16.5. The van der Waals surface area contributed by atoms with Crippen LogP contribution in [0.2, 0.25) is 0 Å². The highest BCUT2D eigenvalue weighted by Crippen LogP contribution is 2.12. The van der Waals surface area contributed by atoms with Crippen molar-refractivity contribution < 1.29 is 4.74 Å². The van der Waals surface area contributed by atoms with E-state index in [1.54, 1.807) is 7.11 Å². The molecule has 1 fully saturated rings. The number of ether oxygens (including phenoxy) is 1. The Morgan fingerprint density at radius 2 is 2.25 bits per heavy atom. The molecule has 1 saturated heterocycles. The van der Waals surface area contributed by atoms with Gasteiger partial charge < -0.3 is 10.1 Å². The predicted octanol–water partition coefficient (Wildman–Crippen LogP) is 1.88. The topological polar surface area (TPSA) is 24.5 Å². The van der Waals surface area contributed by atoms with E-state index in [4.69, 9.17) is 4.74 Å². The van der Waals surface area contributed by atoms with Crippen LogP contribution in [0.1, 0.15) is 39.5 Å². The normalized spacial score (nSPS) is 27.9. The number of methoxy groups -OCH3 is 1. The van der Waals surface area contributed by atoms with Crippen molar-refractivity contribution in [2.24, 2.45) is 0 Å². The first-order valence-electron chi connectivity index (χ1n) is 6.74. The van der Waals surface area contributed by atoms with Crippen LogP contribution >= 0.6 is 0 Å². The summed E-state index contributed by atoms with van der Waals surface area (Å²) in [7, 11) is 1.79. The molecule has 2 unspecified atom stereocenters. The molecule has 0 bridgehead atoms. The van der Waals surface area contributed by atoms with Gasteiger partial charge in [0, 0.05) is 38.9 Å². The zero-order valence-corrected chi connectivity index (χ0v) is 11.2. The second-order valence-electron chi connectivity index (χ2n) is 4.92. The first-order valence-corrected chi connectivity index (χ1v) is 6.74. The van der Waals surface area contributed by atoms with Crippen LogP contribution in [-0.4, -0.2) is 50.3 Å². The average Bonchev–Trinajstić information content (AvgIpc) is 2.43. The Balaban J connectivity index is 2.36. The lowest BCUT2D eigenvalue weighted by molar-refractivity contribution is 0.151. The maximum atomic E-state index is 5.13. The number of nitrogens with zero attached hydrogens (tertiary/aromatic N) is 1. The third-order valence-electron chi connectivity index (χ3n) is 3.50. The lowest BCUT2D eigenvalue weighted by Gasteiger charge is -2.28. The first-order chi connectivity index (χ1) is 7.77. The van der Waals surface area contributed by atoms with E-state index in [2.05, 4.69) is 24.1 Å². The number of hydrogen-bond acceptors (Lipinski definition) is 3. The molecule has 3 nitrogen and oxygen atoms in total. The highest BCUT2D eigenvalue weighted by Gasteiger charge is 2.21. The molecule has 1 heterocycles. The van der Waals surface area contributed by atoms with Crippen LogP contribution in [0.3, 0.4) is 0 Å². The van der Waals surface area contributed by atoms with Gasteiger partial charge >= 0.3 is 0 Å². The SMILES string of the molecule is CCCC1CN(CCCOC)C(C)CCN1. The second-order valence-corrected chi connectivity index (χ2v) is 4.92. The smallest absolute Gasteiger partial charge is 0.0474 e. The number of hydrogen-bond donors (Lipinski definition) is 1. The Bertz CT molecular complexity index is 175. The summed E-state index contributed by atoms with van der Waals surface area (Å²) < 4.78 is 5.13. The minimum Gasteiger partial charge on any atom is -0.385 e. The Morgan fingerprint density at radius 3 is 2.94 bits per heavy atom. The maximum Gasteiger partial charge on any atom is 0.0474 e. The van der Waals surface area contributed by atoms with Crippen molar-refractivity contribution >= 4 is 0 Å². The molecule has 0 aromatic carbocycles. The molecule has 0 amide bonds. The van der Waals surface area contributed by atoms with Gasteiger partial charge in [0.1, 0.15) is 0 Å². The van der Waals surface area contributed by atoms with Crippen molar-refractivity contribution in [3.05, 3.63) is 0 Å². The van der Waals surface area contributed by atoms with E-state index >= 15 is 0 Å². The average molecular weight is 228 g/mol. The molecule has 96 valence electrons. The lowest BCUT2D eigenvalue weighted by Crippen LogP contribution is -2.40. The first kappa shape index (κ1) is 13.9. The van der Waals surface area contributed by atoms with E-state index in [1.807, 2.05) is 0 Å². The molecule has 16 heavy (non-hydrogen) atoms. The van der Waals surface area contributed by atoms with Crippen LogP contribution in [0.5, 0.6) is 0 Å². The molecule has 0 aliphatic carbocycles. The minimum atomic E-state index is 0.692. The molecule has 0 saturated carbocycles. The fourth-order valence-corrected chi connectivity index (χ4v) is 2.47. The molecule has 0 aromatic heterocycles. The van der Waals surface area contributed by atoms with Crippen LogP contribution < -0.4 is 5.32 Å². The van der Waals surface area contributed by atoms with Gasteiger partial charge in [-0.15, -0.1) is 0 Å². The Hall–Kier alpha value is -0.120. The van der Waals surface area contributed by atoms with Gasteiger partial charge in [-0.1, -0.05) is 13.3 Å². The monoisotopic (exact) mass is 228 g/mol. The van der Waals surface area contributed by atoms with Crippen LogP contribution in [-0.2, 0) is 4.74 Å². The van der Waals surface area contributed by atoms with Crippen LogP contribution in [0.4, 0.5) is 0 Å². The Labute approximate surface area is 101 Å². The molecular weight excluding hydrogens is 200 g/mol. The zero-order chi connectivity index (χ0) is 11.8. The third kappa shape index (κ3) is 4.81. The summed E-state index contributed by atoms with van der Waals surface area (Å²) in [6, 6.07) is 1.41. The summed E-state index contributed by atoms with van der Waals surface area (Å²) in [5, 5.41) is 3.66. The largest absolute Gasteiger partial charge is 0.385 e. The highest BCUT2D eigenvalue weighted by molar-refractivity contribution is 4.80. The Kier molecular flexibility index (Phi) is 7.01. The molecule has 1 aliphatic heterocycles. The second kappa shape index (κ2) is 8.04. The van der Waals surface area contributed by atoms with Crippen molar-refractivity contribution in [1.82, 2.24) is 10.2 Å². The molecule has 3 heteroatoms. The standard InChI is InChI=1S/C13H28N2O/c1-4-6-13-11-15(9-5-10-16-3)12(2)7-8-14-13/h12-14H,4-11H2,1-3H3. The molecule has 1 N–H and O–H groups in total. The van der Waals surface area contributed by atoms with Gasteiger partial charge in [0.2, 0.25) is 0 Å². The summed E-state index contributed by atoms with van der Waals surface area (Å²) in [5.41, 5.74) is 0. The zero-order valence-electron chi connectivity index (χ0n) is 11.2. The van der Waals surface area contributed by atoms with Gasteiger partial charge in [0.05, 0.1) is 0 Å².